The number of hydrogen-bond acceptors (Lipinski definition) is 1. The number of fused-ring (bicyclic) bond motifs is 13. The van der Waals surface area contributed by atoms with Crippen LogP contribution in [0.3, 0.4) is 0 Å². The first-order chi connectivity index (χ1) is 30.7. The van der Waals surface area contributed by atoms with Crippen LogP contribution in [0.2, 0.25) is 0 Å². The molecule has 0 aliphatic heterocycles. The van der Waals surface area contributed by atoms with Crippen molar-refractivity contribution in [1.82, 2.24) is 0 Å². The summed E-state index contributed by atoms with van der Waals surface area (Å²) in [7, 11) is 0. The van der Waals surface area contributed by atoms with Gasteiger partial charge in [0, 0.05) is 17.1 Å². The Hall–Kier alpha value is -7.22. The summed E-state index contributed by atoms with van der Waals surface area (Å²) in [6.07, 6.45) is 0. The first kappa shape index (κ1) is 37.5. The third kappa shape index (κ3) is 5.23. The highest BCUT2D eigenvalue weighted by Gasteiger charge is 2.52. The van der Waals surface area contributed by atoms with Crippen LogP contribution in [0.15, 0.2) is 206 Å². The highest BCUT2D eigenvalue weighted by Crippen LogP contribution is 2.64. The average Bonchev–Trinajstić information content (AvgIpc) is 3.88. The molecule has 2 atom stereocenters. The fourth-order valence-electron chi connectivity index (χ4n) is 11.7. The Morgan fingerprint density at radius 3 is 1.24 bits per heavy atom. The lowest BCUT2D eigenvalue weighted by Gasteiger charge is -2.35. The van der Waals surface area contributed by atoms with E-state index in [1.165, 1.54) is 94.6 Å². The van der Waals surface area contributed by atoms with E-state index in [-0.39, 0.29) is 5.41 Å². The van der Waals surface area contributed by atoms with Crippen molar-refractivity contribution < 1.29 is 0 Å². The van der Waals surface area contributed by atoms with Gasteiger partial charge in [0.1, 0.15) is 0 Å². The van der Waals surface area contributed by atoms with Crippen LogP contribution in [-0.4, -0.2) is 0 Å². The second-order valence-electron chi connectivity index (χ2n) is 19.0. The predicted octanol–water partition coefficient (Wildman–Crippen LogP) is 15.8. The number of rotatable bonds is 5. The predicted molar refractivity (Wildman–Crippen MR) is 263 cm³/mol. The van der Waals surface area contributed by atoms with Gasteiger partial charge in [-0.2, -0.15) is 0 Å². The van der Waals surface area contributed by atoms with Gasteiger partial charge in [0.15, 0.2) is 0 Å². The number of nitrogens with zero attached hydrogens (tertiary/aromatic N) is 1. The Kier molecular flexibility index (Phi) is 8.13. The second kappa shape index (κ2) is 13.6. The summed E-state index contributed by atoms with van der Waals surface area (Å²) in [5, 5.41) is 0. The Labute approximate surface area is 372 Å². The molecule has 1 nitrogen and oxygen atoms in total. The maximum atomic E-state index is 2.52. The molecular weight excluding hydrogens is 759 g/mol. The van der Waals surface area contributed by atoms with Gasteiger partial charge in [0.2, 0.25) is 0 Å². The maximum Gasteiger partial charge on any atom is 0.0726 e. The van der Waals surface area contributed by atoms with E-state index >= 15 is 0 Å². The Bertz CT molecular complexity index is 3260. The van der Waals surface area contributed by atoms with Crippen LogP contribution in [0.4, 0.5) is 17.1 Å². The molecule has 2 unspecified atom stereocenters. The van der Waals surface area contributed by atoms with E-state index in [1.54, 1.807) is 0 Å². The third-order valence-corrected chi connectivity index (χ3v) is 14.4. The molecule has 9 aromatic rings. The minimum absolute atomic E-state index is 0.0450. The average molecular weight is 808 g/mol. The summed E-state index contributed by atoms with van der Waals surface area (Å²) < 4.78 is 0. The molecule has 9 aromatic carbocycles. The third-order valence-electron chi connectivity index (χ3n) is 14.4. The molecule has 1 spiro atoms. The van der Waals surface area contributed by atoms with Crippen molar-refractivity contribution in [2.45, 2.75) is 50.9 Å². The minimum Gasteiger partial charge on any atom is -0.310 e. The highest BCUT2D eigenvalue weighted by molar-refractivity contribution is 5.97. The molecule has 0 radical (unpaired) electrons. The van der Waals surface area contributed by atoms with Gasteiger partial charge in [-0.05, 0) is 139 Å². The molecular formula is C62H49N. The molecule has 302 valence electrons. The summed E-state index contributed by atoms with van der Waals surface area (Å²) in [5.74, 6) is 0. The van der Waals surface area contributed by atoms with Crippen LogP contribution in [0.5, 0.6) is 0 Å². The van der Waals surface area contributed by atoms with Crippen molar-refractivity contribution in [1.29, 1.82) is 0 Å². The van der Waals surface area contributed by atoms with Gasteiger partial charge >= 0.3 is 0 Å². The molecule has 0 N–H and O–H groups in total. The van der Waals surface area contributed by atoms with E-state index < -0.39 is 10.8 Å². The topological polar surface area (TPSA) is 3.24 Å². The molecule has 0 fully saturated rings. The Morgan fingerprint density at radius 2 is 0.714 bits per heavy atom. The largest absolute Gasteiger partial charge is 0.310 e. The lowest BCUT2D eigenvalue weighted by Crippen LogP contribution is -2.29. The molecule has 0 saturated heterocycles. The van der Waals surface area contributed by atoms with Gasteiger partial charge < -0.3 is 4.90 Å². The molecule has 0 heterocycles. The zero-order chi connectivity index (χ0) is 42.7. The van der Waals surface area contributed by atoms with E-state index in [0.717, 1.165) is 17.1 Å². The van der Waals surface area contributed by atoms with Crippen molar-refractivity contribution in [3.63, 3.8) is 0 Å². The number of aryl methyl sites for hydroxylation is 2. The number of para-hydroxylation sites is 1. The van der Waals surface area contributed by atoms with Crippen LogP contribution >= 0.6 is 0 Å². The first-order valence-electron chi connectivity index (χ1n) is 22.4. The molecule has 0 aromatic heterocycles. The molecule has 12 rings (SSSR count). The second-order valence-corrected chi connectivity index (χ2v) is 19.0. The Morgan fingerprint density at radius 1 is 0.317 bits per heavy atom. The van der Waals surface area contributed by atoms with Crippen LogP contribution in [0.25, 0.3) is 33.4 Å². The molecule has 0 amide bonds. The standard InChI is InChI=1S/C62H49N/c1-40-24-32-50-49-21-13-15-23-55(49)62(56(50)36-40)57-37-41(2)25-33-51(57)53-35-31-47(39-59(53)62)63(45-18-10-7-11-19-45)46-30-34-52-48-20-12-14-22-54(48)61(58(52)38-46,43-16-8-6-9-17-43)44-28-26-42(27-29-44)60(3,4)5/h6-39H,1-5H3. The summed E-state index contributed by atoms with van der Waals surface area (Å²) in [4.78, 5) is 2.49. The van der Waals surface area contributed by atoms with Crippen LogP contribution in [0, 0.1) is 13.8 Å². The summed E-state index contributed by atoms with van der Waals surface area (Å²) in [6, 6.07) is 78.5. The van der Waals surface area contributed by atoms with E-state index in [2.05, 4.69) is 246 Å². The quantitative estimate of drug-likeness (QED) is 0.167. The van der Waals surface area contributed by atoms with Crippen molar-refractivity contribution in [2.75, 3.05) is 4.90 Å². The molecule has 1 heteroatoms. The zero-order valence-corrected chi connectivity index (χ0v) is 36.6. The summed E-state index contributed by atoms with van der Waals surface area (Å²) in [6.45, 7) is 11.4. The smallest absolute Gasteiger partial charge is 0.0726 e. The number of anilines is 3. The molecule has 63 heavy (non-hydrogen) atoms. The lowest BCUT2D eigenvalue weighted by molar-refractivity contribution is 0.589. The van der Waals surface area contributed by atoms with E-state index in [4.69, 9.17) is 0 Å². The van der Waals surface area contributed by atoms with Crippen LogP contribution in [-0.2, 0) is 16.2 Å². The van der Waals surface area contributed by atoms with Crippen molar-refractivity contribution >= 4 is 17.1 Å². The van der Waals surface area contributed by atoms with Crippen molar-refractivity contribution in [2.24, 2.45) is 0 Å². The van der Waals surface area contributed by atoms with Gasteiger partial charge in [-0.1, -0.05) is 202 Å². The maximum absolute atomic E-state index is 2.52. The van der Waals surface area contributed by atoms with E-state index in [0.29, 0.717) is 0 Å². The first-order valence-corrected chi connectivity index (χ1v) is 22.4. The van der Waals surface area contributed by atoms with Gasteiger partial charge in [0.05, 0.1) is 10.8 Å². The normalized spacial score (nSPS) is 17.4. The SMILES string of the molecule is Cc1ccc2c(c1)C1(c3ccccc3-2)c2cc(C)ccc2-c2ccc(N(c3ccccc3)c3ccc4c(c3)C(c3ccccc3)(c3ccc(C(C)(C)C)cc3)c3ccccc3-4)cc21. The fraction of sp³-hybridized carbons (Fsp3) is 0.129. The van der Waals surface area contributed by atoms with Crippen LogP contribution in [0.1, 0.15) is 82.0 Å². The Balaban J connectivity index is 1.12. The fourth-order valence-corrected chi connectivity index (χ4v) is 11.7. The molecule has 0 saturated carbocycles. The van der Waals surface area contributed by atoms with Gasteiger partial charge in [-0.3, -0.25) is 0 Å². The van der Waals surface area contributed by atoms with Gasteiger partial charge in [-0.15, -0.1) is 0 Å². The molecule has 0 bridgehead atoms. The minimum atomic E-state index is -0.529. The van der Waals surface area contributed by atoms with Gasteiger partial charge in [0.25, 0.3) is 0 Å². The number of hydrogen-bond donors (Lipinski definition) is 0. The number of benzene rings is 9. The van der Waals surface area contributed by atoms with E-state index in [1.807, 2.05) is 0 Å². The highest BCUT2D eigenvalue weighted by atomic mass is 15.1. The summed E-state index contributed by atoms with van der Waals surface area (Å²) >= 11 is 0. The molecule has 3 aliphatic carbocycles. The molecule has 3 aliphatic rings. The zero-order valence-electron chi connectivity index (χ0n) is 36.6. The monoisotopic (exact) mass is 807 g/mol. The van der Waals surface area contributed by atoms with Crippen LogP contribution < -0.4 is 4.90 Å². The summed E-state index contributed by atoms with van der Waals surface area (Å²) in [5.41, 5.74) is 24.8. The van der Waals surface area contributed by atoms with E-state index in [9.17, 15) is 0 Å². The van der Waals surface area contributed by atoms with Crippen molar-refractivity contribution in [3.05, 3.63) is 267 Å². The van der Waals surface area contributed by atoms with Crippen molar-refractivity contribution in [3.8, 4) is 33.4 Å². The lowest BCUT2D eigenvalue weighted by atomic mass is 9.67. The van der Waals surface area contributed by atoms with Gasteiger partial charge in [-0.25, -0.2) is 0 Å².